The zero-order valence-electron chi connectivity index (χ0n) is 15.1. The van der Waals surface area contributed by atoms with Gasteiger partial charge in [-0.15, -0.1) is 5.10 Å². The molecule has 0 radical (unpaired) electrons. The van der Waals surface area contributed by atoms with Gasteiger partial charge in [-0.25, -0.2) is 4.98 Å². The van der Waals surface area contributed by atoms with E-state index in [4.69, 9.17) is 4.52 Å². The van der Waals surface area contributed by atoms with Crippen LogP contribution in [0, 0.1) is 0 Å². The molecule has 1 aromatic carbocycles. The first-order valence-electron chi connectivity index (χ1n) is 8.15. The quantitative estimate of drug-likeness (QED) is 0.623. The number of nitrogens with zero attached hydrogens (tertiary/aromatic N) is 4. The van der Waals surface area contributed by atoms with E-state index < -0.39 is 11.7 Å². The van der Waals surface area contributed by atoms with Gasteiger partial charge in [0.15, 0.2) is 0 Å². The normalized spacial score (nSPS) is 13.7. The molecular weight excluding hydrogens is 379 g/mol. The van der Waals surface area contributed by atoms with E-state index in [0.717, 1.165) is 18.0 Å². The number of alkyl halides is 3. The van der Waals surface area contributed by atoms with E-state index in [2.05, 4.69) is 25.3 Å². The van der Waals surface area contributed by atoms with Crippen LogP contribution in [0.4, 0.5) is 13.2 Å². The number of hydrogen-bond donors (Lipinski definition) is 1. The molecule has 0 amide bonds. The number of H-pyrrole nitrogens is 1. The fourth-order valence-corrected chi connectivity index (χ4v) is 2.95. The molecule has 27 heavy (non-hydrogen) atoms. The van der Waals surface area contributed by atoms with Crippen molar-refractivity contribution >= 4 is 11.8 Å². The Labute approximate surface area is 158 Å². The molecule has 0 aliphatic carbocycles. The highest BCUT2D eigenvalue weighted by Gasteiger charge is 2.31. The van der Waals surface area contributed by atoms with E-state index in [1.807, 2.05) is 27.7 Å². The average molecular weight is 397 g/mol. The van der Waals surface area contributed by atoms with Crippen molar-refractivity contribution in [2.24, 2.45) is 0 Å². The summed E-state index contributed by atoms with van der Waals surface area (Å²) in [7, 11) is 0. The Bertz CT molecular complexity index is 929. The number of halogens is 3. The van der Waals surface area contributed by atoms with Gasteiger partial charge in [-0.1, -0.05) is 49.8 Å². The predicted molar refractivity (Wildman–Crippen MR) is 94.1 cm³/mol. The van der Waals surface area contributed by atoms with Crippen molar-refractivity contribution in [1.82, 2.24) is 25.3 Å². The SMILES string of the molecule is C[C@H](Sc1n[nH]c(C(C)(C)C)n1)c1nc(-c2cccc(C(F)(F)F)c2)no1. The first kappa shape index (κ1) is 19.4. The molecule has 6 nitrogen and oxygen atoms in total. The number of aromatic nitrogens is 5. The van der Waals surface area contributed by atoms with E-state index in [1.54, 1.807) is 0 Å². The molecule has 0 aliphatic rings. The summed E-state index contributed by atoms with van der Waals surface area (Å²) in [5.74, 6) is 1.15. The fraction of sp³-hybridized carbons (Fsp3) is 0.412. The molecule has 3 aromatic rings. The first-order valence-corrected chi connectivity index (χ1v) is 9.03. The van der Waals surface area contributed by atoms with Crippen LogP contribution >= 0.6 is 11.8 Å². The van der Waals surface area contributed by atoms with Crippen LogP contribution in [0.15, 0.2) is 33.9 Å². The summed E-state index contributed by atoms with van der Waals surface area (Å²) in [6.45, 7) is 7.89. The van der Waals surface area contributed by atoms with Gasteiger partial charge >= 0.3 is 6.18 Å². The molecule has 0 spiro atoms. The lowest BCUT2D eigenvalue weighted by molar-refractivity contribution is -0.137. The van der Waals surface area contributed by atoms with Crippen molar-refractivity contribution in [2.75, 3.05) is 0 Å². The Morgan fingerprint density at radius 2 is 1.89 bits per heavy atom. The fourth-order valence-electron chi connectivity index (χ4n) is 2.20. The molecular formula is C17H18F3N5OS. The van der Waals surface area contributed by atoms with E-state index in [0.29, 0.717) is 5.16 Å². The molecule has 1 N–H and O–H groups in total. The topological polar surface area (TPSA) is 80.5 Å². The summed E-state index contributed by atoms with van der Waals surface area (Å²) in [6.07, 6.45) is -4.43. The van der Waals surface area contributed by atoms with Crippen LogP contribution in [0.5, 0.6) is 0 Å². The minimum Gasteiger partial charge on any atom is -0.338 e. The van der Waals surface area contributed by atoms with Crippen LogP contribution in [0.2, 0.25) is 0 Å². The van der Waals surface area contributed by atoms with Gasteiger partial charge < -0.3 is 4.52 Å². The Hall–Kier alpha value is -2.36. The van der Waals surface area contributed by atoms with Crippen molar-refractivity contribution in [3.63, 3.8) is 0 Å². The first-order chi connectivity index (χ1) is 12.5. The second-order valence-electron chi connectivity index (χ2n) is 7.01. The standard InChI is InChI=1S/C17H18F3N5OS/c1-9(27-15-22-14(23-24-15)16(2,3)4)13-21-12(25-26-13)10-6-5-7-11(8-10)17(18,19)20/h5-9H,1-4H3,(H,22,23,24)/t9-/m0/s1. The maximum absolute atomic E-state index is 12.9. The monoisotopic (exact) mass is 397 g/mol. The second kappa shape index (κ2) is 6.99. The molecule has 10 heteroatoms. The number of thioether (sulfide) groups is 1. The Morgan fingerprint density at radius 3 is 2.52 bits per heavy atom. The summed E-state index contributed by atoms with van der Waals surface area (Å²) >= 11 is 1.32. The van der Waals surface area contributed by atoms with Crippen molar-refractivity contribution in [2.45, 2.75) is 49.7 Å². The molecule has 0 fully saturated rings. The lowest BCUT2D eigenvalue weighted by atomic mass is 9.96. The van der Waals surface area contributed by atoms with Gasteiger partial charge in [0.2, 0.25) is 16.9 Å². The van der Waals surface area contributed by atoms with Crippen LogP contribution in [0.1, 0.15) is 50.2 Å². The van der Waals surface area contributed by atoms with E-state index in [-0.39, 0.29) is 27.9 Å². The summed E-state index contributed by atoms with van der Waals surface area (Å²) in [5.41, 5.74) is -0.676. The number of aromatic amines is 1. The third-order valence-corrected chi connectivity index (χ3v) is 4.64. The summed E-state index contributed by atoms with van der Waals surface area (Å²) < 4.78 is 43.8. The van der Waals surface area contributed by atoms with Gasteiger partial charge in [0.1, 0.15) is 5.82 Å². The minimum absolute atomic E-state index is 0.105. The minimum atomic E-state index is -4.43. The van der Waals surface area contributed by atoms with Crippen molar-refractivity contribution in [1.29, 1.82) is 0 Å². The van der Waals surface area contributed by atoms with Gasteiger partial charge in [-0.2, -0.15) is 18.2 Å². The third-order valence-electron chi connectivity index (χ3n) is 3.70. The third kappa shape index (κ3) is 4.49. The van der Waals surface area contributed by atoms with Gasteiger partial charge in [0, 0.05) is 11.0 Å². The Morgan fingerprint density at radius 1 is 1.15 bits per heavy atom. The highest BCUT2D eigenvalue weighted by atomic mass is 32.2. The predicted octanol–water partition coefficient (Wildman–Crippen LogP) is 5.02. The molecule has 2 heterocycles. The van der Waals surface area contributed by atoms with Gasteiger partial charge in [-0.3, -0.25) is 5.10 Å². The Kier molecular flexibility index (Phi) is 5.02. The highest BCUT2D eigenvalue weighted by Crippen LogP contribution is 2.35. The van der Waals surface area contributed by atoms with Crippen molar-refractivity contribution in [3.05, 3.63) is 41.5 Å². The number of rotatable bonds is 4. The van der Waals surface area contributed by atoms with Gasteiger partial charge in [-0.05, 0) is 19.1 Å². The summed E-state index contributed by atoms with van der Waals surface area (Å²) in [5, 5.41) is 11.1. The molecule has 3 rings (SSSR count). The molecule has 2 aromatic heterocycles. The number of hydrogen-bond acceptors (Lipinski definition) is 6. The van der Waals surface area contributed by atoms with E-state index in [9.17, 15) is 13.2 Å². The maximum Gasteiger partial charge on any atom is 0.416 e. The molecule has 0 saturated carbocycles. The zero-order valence-corrected chi connectivity index (χ0v) is 15.9. The van der Waals surface area contributed by atoms with Crippen LogP contribution in [-0.2, 0) is 11.6 Å². The Balaban J connectivity index is 1.76. The molecule has 1 atom stereocenters. The highest BCUT2D eigenvalue weighted by molar-refractivity contribution is 7.99. The van der Waals surface area contributed by atoms with Crippen LogP contribution in [0.25, 0.3) is 11.4 Å². The second-order valence-corrected chi connectivity index (χ2v) is 8.32. The molecule has 0 unspecified atom stereocenters. The van der Waals surface area contributed by atoms with Crippen molar-refractivity contribution in [3.8, 4) is 11.4 Å². The average Bonchev–Trinajstić information content (AvgIpc) is 3.23. The zero-order chi connectivity index (χ0) is 19.8. The number of nitrogens with one attached hydrogen (secondary N) is 1. The molecule has 0 aliphatic heterocycles. The van der Waals surface area contributed by atoms with Crippen LogP contribution in [-0.4, -0.2) is 25.3 Å². The molecule has 0 saturated heterocycles. The summed E-state index contributed by atoms with van der Waals surface area (Å²) in [4.78, 5) is 8.66. The molecule has 144 valence electrons. The van der Waals surface area contributed by atoms with E-state index >= 15 is 0 Å². The van der Waals surface area contributed by atoms with Gasteiger partial charge in [0.05, 0.1) is 10.8 Å². The maximum atomic E-state index is 12.9. The number of benzene rings is 1. The summed E-state index contributed by atoms with van der Waals surface area (Å²) in [6, 6.07) is 4.82. The van der Waals surface area contributed by atoms with Crippen molar-refractivity contribution < 1.29 is 17.7 Å². The smallest absolute Gasteiger partial charge is 0.338 e. The molecule has 0 bridgehead atoms. The van der Waals surface area contributed by atoms with Crippen LogP contribution < -0.4 is 0 Å². The van der Waals surface area contributed by atoms with Crippen LogP contribution in [0.3, 0.4) is 0 Å². The largest absolute Gasteiger partial charge is 0.416 e. The lowest BCUT2D eigenvalue weighted by Gasteiger charge is -2.12. The lowest BCUT2D eigenvalue weighted by Crippen LogP contribution is -2.13. The van der Waals surface area contributed by atoms with E-state index in [1.165, 1.54) is 23.9 Å². The van der Waals surface area contributed by atoms with Gasteiger partial charge in [0.25, 0.3) is 0 Å².